The molecule has 4 heteroatoms. The summed E-state index contributed by atoms with van der Waals surface area (Å²) in [4.78, 5) is 7.32. The van der Waals surface area contributed by atoms with Gasteiger partial charge < -0.3 is 14.1 Å². The van der Waals surface area contributed by atoms with E-state index < -0.39 is 0 Å². The van der Waals surface area contributed by atoms with Crippen LogP contribution in [-0.4, -0.2) is 17.1 Å². The number of oxazole rings is 1. The first-order valence-electron chi connectivity index (χ1n) is 5.35. The Morgan fingerprint density at radius 2 is 2.24 bits per heavy atom. The number of aromatic nitrogens is 2. The summed E-state index contributed by atoms with van der Waals surface area (Å²) in [5.41, 5.74) is 2.94. The lowest BCUT2D eigenvalue weighted by Crippen LogP contribution is -1.82. The van der Waals surface area contributed by atoms with E-state index in [9.17, 15) is 0 Å². The molecule has 4 nitrogen and oxygen atoms in total. The third-order valence-corrected chi connectivity index (χ3v) is 2.88. The molecule has 1 N–H and O–H groups in total. The minimum Gasteiger partial charge on any atom is -0.497 e. The maximum absolute atomic E-state index is 5.42. The predicted octanol–water partition coefficient (Wildman–Crippen LogP) is 3.14. The van der Waals surface area contributed by atoms with Gasteiger partial charge in [0, 0.05) is 22.7 Å². The molecule has 0 radical (unpaired) electrons. The van der Waals surface area contributed by atoms with Gasteiger partial charge in [-0.15, -0.1) is 0 Å². The Balaban J connectivity index is 2.27. The fourth-order valence-corrected chi connectivity index (χ4v) is 1.97. The van der Waals surface area contributed by atoms with Gasteiger partial charge in [0.1, 0.15) is 5.75 Å². The van der Waals surface area contributed by atoms with Gasteiger partial charge in [0.15, 0.2) is 12.2 Å². The molecule has 2 heterocycles. The van der Waals surface area contributed by atoms with Crippen LogP contribution in [0.5, 0.6) is 5.75 Å². The van der Waals surface area contributed by atoms with E-state index in [1.807, 2.05) is 31.3 Å². The lowest BCUT2D eigenvalue weighted by atomic mass is 10.1. The topological polar surface area (TPSA) is 51.0 Å². The summed E-state index contributed by atoms with van der Waals surface area (Å²) < 4.78 is 10.7. The minimum atomic E-state index is 0.796. The number of aryl methyl sites for hydroxylation is 1. The zero-order valence-electron chi connectivity index (χ0n) is 9.65. The molecule has 0 aliphatic heterocycles. The molecule has 0 spiro atoms. The Bertz CT molecular complexity index is 667. The van der Waals surface area contributed by atoms with Gasteiger partial charge in [0.2, 0.25) is 0 Å². The van der Waals surface area contributed by atoms with Crippen molar-refractivity contribution < 1.29 is 9.15 Å². The smallest absolute Gasteiger partial charge is 0.181 e. The molecule has 0 saturated heterocycles. The Kier molecular flexibility index (Phi) is 2.14. The fourth-order valence-electron chi connectivity index (χ4n) is 1.97. The normalized spacial score (nSPS) is 10.9. The van der Waals surface area contributed by atoms with Crippen molar-refractivity contribution in [3.63, 3.8) is 0 Å². The third kappa shape index (κ3) is 1.49. The van der Waals surface area contributed by atoms with Crippen LogP contribution in [-0.2, 0) is 0 Å². The van der Waals surface area contributed by atoms with Crippen LogP contribution in [0.25, 0.3) is 22.2 Å². The second kappa shape index (κ2) is 3.66. The van der Waals surface area contributed by atoms with Gasteiger partial charge in [-0.2, -0.15) is 0 Å². The monoisotopic (exact) mass is 228 g/mol. The lowest BCUT2D eigenvalue weighted by Gasteiger charge is -2.00. The second-order valence-corrected chi connectivity index (χ2v) is 3.88. The molecule has 3 rings (SSSR count). The van der Waals surface area contributed by atoms with Crippen LogP contribution in [0.4, 0.5) is 0 Å². The highest BCUT2D eigenvalue weighted by Crippen LogP contribution is 2.32. The molecule has 0 bridgehead atoms. The Morgan fingerprint density at radius 3 is 2.94 bits per heavy atom. The highest BCUT2D eigenvalue weighted by atomic mass is 16.5. The summed E-state index contributed by atoms with van der Waals surface area (Å²) in [5.74, 6) is 1.63. The molecular formula is C13H12N2O2. The highest BCUT2D eigenvalue weighted by molar-refractivity contribution is 5.95. The fraction of sp³-hybridized carbons (Fsp3) is 0.154. The van der Waals surface area contributed by atoms with Gasteiger partial charge in [0.25, 0.3) is 0 Å². The van der Waals surface area contributed by atoms with Crippen molar-refractivity contribution in [2.24, 2.45) is 0 Å². The number of hydrogen-bond acceptors (Lipinski definition) is 3. The SMILES string of the molecule is COc1ccc2[nH]cc(-c3ocnc3C)c2c1. The predicted molar refractivity (Wildman–Crippen MR) is 65.1 cm³/mol. The zero-order valence-corrected chi connectivity index (χ0v) is 9.65. The van der Waals surface area contributed by atoms with E-state index in [-0.39, 0.29) is 0 Å². The summed E-state index contributed by atoms with van der Waals surface area (Å²) in [6.45, 7) is 1.93. The first-order chi connectivity index (χ1) is 8.29. The summed E-state index contributed by atoms with van der Waals surface area (Å²) in [5, 5.41) is 1.07. The average Bonchev–Trinajstić information content (AvgIpc) is 2.94. The molecule has 0 aliphatic rings. The number of aromatic amines is 1. The number of methoxy groups -OCH3 is 1. The van der Waals surface area contributed by atoms with E-state index in [1.54, 1.807) is 7.11 Å². The number of fused-ring (bicyclic) bond motifs is 1. The van der Waals surface area contributed by atoms with E-state index in [0.29, 0.717) is 0 Å². The van der Waals surface area contributed by atoms with Crippen molar-refractivity contribution >= 4 is 10.9 Å². The van der Waals surface area contributed by atoms with Gasteiger partial charge in [-0.05, 0) is 25.1 Å². The van der Waals surface area contributed by atoms with Gasteiger partial charge in [0.05, 0.1) is 12.8 Å². The van der Waals surface area contributed by atoms with Gasteiger partial charge >= 0.3 is 0 Å². The number of hydrogen-bond donors (Lipinski definition) is 1. The first kappa shape index (κ1) is 9.96. The molecule has 3 aromatic rings. The summed E-state index contributed by atoms with van der Waals surface area (Å²) in [6.07, 6.45) is 3.39. The van der Waals surface area contributed by atoms with Gasteiger partial charge in [-0.3, -0.25) is 0 Å². The van der Waals surface area contributed by atoms with E-state index in [1.165, 1.54) is 6.39 Å². The van der Waals surface area contributed by atoms with Crippen LogP contribution in [0.3, 0.4) is 0 Å². The first-order valence-corrected chi connectivity index (χ1v) is 5.35. The maximum atomic E-state index is 5.42. The van der Waals surface area contributed by atoms with Crippen molar-refractivity contribution in [2.75, 3.05) is 7.11 Å². The highest BCUT2D eigenvalue weighted by Gasteiger charge is 2.12. The Morgan fingerprint density at radius 1 is 1.35 bits per heavy atom. The number of benzene rings is 1. The van der Waals surface area contributed by atoms with Crippen LogP contribution in [0.15, 0.2) is 35.2 Å². The Labute approximate surface area is 98.2 Å². The van der Waals surface area contributed by atoms with Crippen molar-refractivity contribution in [3.05, 3.63) is 36.5 Å². The molecule has 0 atom stereocenters. The summed E-state index contributed by atoms with van der Waals surface area (Å²) in [6, 6.07) is 5.91. The van der Waals surface area contributed by atoms with Gasteiger partial charge in [-0.25, -0.2) is 4.98 Å². The van der Waals surface area contributed by atoms with E-state index in [4.69, 9.17) is 9.15 Å². The largest absolute Gasteiger partial charge is 0.497 e. The molecule has 0 fully saturated rings. The van der Waals surface area contributed by atoms with Crippen molar-refractivity contribution in [2.45, 2.75) is 6.92 Å². The van der Waals surface area contributed by atoms with Crippen LogP contribution >= 0.6 is 0 Å². The average molecular weight is 228 g/mol. The van der Waals surface area contributed by atoms with Crippen molar-refractivity contribution in [1.82, 2.24) is 9.97 Å². The molecular weight excluding hydrogens is 216 g/mol. The van der Waals surface area contributed by atoms with E-state index in [2.05, 4.69) is 9.97 Å². The van der Waals surface area contributed by atoms with Crippen LogP contribution in [0.2, 0.25) is 0 Å². The number of H-pyrrole nitrogens is 1. The number of nitrogens with one attached hydrogen (secondary N) is 1. The van der Waals surface area contributed by atoms with E-state index >= 15 is 0 Å². The standard InChI is InChI=1S/C13H12N2O2/c1-8-13(17-7-15-8)11-6-14-12-4-3-9(16-2)5-10(11)12/h3-7,14H,1-2H3. The number of rotatable bonds is 2. The second-order valence-electron chi connectivity index (χ2n) is 3.88. The molecule has 0 saturated carbocycles. The molecule has 2 aromatic heterocycles. The molecule has 0 aliphatic carbocycles. The number of ether oxygens (including phenoxy) is 1. The zero-order chi connectivity index (χ0) is 11.8. The summed E-state index contributed by atoms with van der Waals surface area (Å²) in [7, 11) is 1.66. The molecule has 1 aromatic carbocycles. The quantitative estimate of drug-likeness (QED) is 0.733. The molecule has 0 amide bonds. The van der Waals surface area contributed by atoms with Crippen LogP contribution < -0.4 is 4.74 Å². The maximum Gasteiger partial charge on any atom is 0.181 e. The van der Waals surface area contributed by atoms with Gasteiger partial charge in [-0.1, -0.05) is 0 Å². The molecule has 0 unspecified atom stereocenters. The molecule has 17 heavy (non-hydrogen) atoms. The number of nitrogens with zero attached hydrogens (tertiary/aromatic N) is 1. The van der Waals surface area contributed by atoms with Crippen molar-refractivity contribution in [1.29, 1.82) is 0 Å². The van der Waals surface area contributed by atoms with Crippen molar-refractivity contribution in [3.8, 4) is 17.1 Å². The minimum absolute atomic E-state index is 0.796. The van der Waals surface area contributed by atoms with Crippen LogP contribution in [0, 0.1) is 6.92 Å². The van der Waals surface area contributed by atoms with Crippen LogP contribution in [0.1, 0.15) is 5.69 Å². The lowest BCUT2D eigenvalue weighted by molar-refractivity contribution is 0.415. The molecule has 86 valence electrons. The van der Waals surface area contributed by atoms with E-state index in [0.717, 1.165) is 33.7 Å². The Hall–Kier alpha value is -2.23. The third-order valence-electron chi connectivity index (χ3n) is 2.88. The summed E-state index contributed by atoms with van der Waals surface area (Å²) >= 11 is 0.